The molecule has 1 saturated heterocycles. The maximum absolute atomic E-state index is 11.9. The number of carbonyl (C=O) groups is 2. The molecule has 3 rings (SSSR count). The van der Waals surface area contributed by atoms with Crippen molar-refractivity contribution in [3.05, 3.63) is 59.5 Å². The predicted molar refractivity (Wildman–Crippen MR) is 112 cm³/mol. The number of rotatable bonds is 9. The van der Waals surface area contributed by atoms with E-state index in [0.29, 0.717) is 17.9 Å². The Bertz CT molecular complexity index is 782. The average Bonchev–Trinajstić information content (AvgIpc) is 3.17. The van der Waals surface area contributed by atoms with Crippen LogP contribution in [0.25, 0.3) is 0 Å². The lowest BCUT2D eigenvalue weighted by atomic mass is 10.2. The summed E-state index contributed by atoms with van der Waals surface area (Å²) >= 11 is 0. The van der Waals surface area contributed by atoms with Gasteiger partial charge in [0.2, 0.25) is 5.91 Å². The number of hydrogen-bond donors (Lipinski definition) is 2. The van der Waals surface area contributed by atoms with Crippen molar-refractivity contribution in [2.24, 2.45) is 0 Å². The molecule has 2 aromatic rings. The molecule has 7 nitrogen and oxygen atoms in total. The van der Waals surface area contributed by atoms with E-state index in [0.717, 1.165) is 45.7 Å². The molecule has 156 valence electrons. The number of hydrogen-bond acceptors (Lipinski definition) is 5. The summed E-state index contributed by atoms with van der Waals surface area (Å²) in [6.45, 7) is 8.54. The first-order chi connectivity index (χ1) is 14.1. The lowest BCUT2D eigenvalue weighted by molar-refractivity contribution is -0.120. The normalized spacial score (nSPS) is 15.2. The standard InChI is InChI=1S/C22H30N4O3/c1-18-20(8-15-29-18)22(28)24-16-21(27)23-9-5-10-25-11-13-26(14-12-25)17-19-6-3-2-4-7-19/h2-4,6-8,15H,5,9-14,16-17H2,1H3,(H,23,27)(H,24,28). The van der Waals surface area contributed by atoms with Crippen molar-refractivity contribution in [2.75, 3.05) is 45.8 Å². The van der Waals surface area contributed by atoms with Crippen molar-refractivity contribution < 1.29 is 14.0 Å². The molecular formula is C22H30N4O3. The van der Waals surface area contributed by atoms with Gasteiger partial charge in [-0.1, -0.05) is 30.3 Å². The number of furan rings is 1. The second kappa shape index (κ2) is 10.8. The number of amides is 2. The largest absolute Gasteiger partial charge is 0.469 e. The van der Waals surface area contributed by atoms with Gasteiger partial charge in [-0.25, -0.2) is 0 Å². The lowest BCUT2D eigenvalue weighted by Gasteiger charge is -2.34. The maximum atomic E-state index is 11.9. The first kappa shape index (κ1) is 21.1. The minimum atomic E-state index is -0.292. The zero-order valence-electron chi connectivity index (χ0n) is 17.0. The van der Waals surface area contributed by atoms with E-state index in [2.05, 4.69) is 50.8 Å². The van der Waals surface area contributed by atoms with Crippen molar-refractivity contribution in [3.8, 4) is 0 Å². The van der Waals surface area contributed by atoms with E-state index in [9.17, 15) is 9.59 Å². The van der Waals surface area contributed by atoms with Gasteiger partial charge in [-0.3, -0.25) is 14.5 Å². The number of aryl methyl sites for hydroxylation is 1. The molecule has 2 amide bonds. The highest BCUT2D eigenvalue weighted by Gasteiger charge is 2.16. The van der Waals surface area contributed by atoms with E-state index in [1.54, 1.807) is 13.0 Å². The van der Waals surface area contributed by atoms with Crippen molar-refractivity contribution >= 4 is 11.8 Å². The second-order valence-corrected chi connectivity index (χ2v) is 7.38. The molecule has 2 heterocycles. The Kier molecular flexibility index (Phi) is 7.84. The van der Waals surface area contributed by atoms with Gasteiger partial charge in [0.25, 0.3) is 5.91 Å². The van der Waals surface area contributed by atoms with Gasteiger partial charge in [0, 0.05) is 39.3 Å². The molecular weight excluding hydrogens is 368 g/mol. The number of piperazine rings is 1. The molecule has 0 radical (unpaired) electrons. The van der Waals surface area contributed by atoms with Gasteiger partial charge < -0.3 is 20.0 Å². The van der Waals surface area contributed by atoms with Crippen molar-refractivity contribution in [3.63, 3.8) is 0 Å². The first-order valence-electron chi connectivity index (χ1n) is 10.2. The molecule has 1 aliphatic rings. The summed E-state index contributed by atoms with van der Waals surface area (Å²) in [4.78, 5) is 28.8. The lowest BCUT2D eigenvalue weighted by Crippen LogP contribution is -2.46. The Labute approximate surface area is 172 Å². The fourth-order valence-corrected chi connectivity index (χ4v) is 3.48. The fraction of sp³-hybridized carbons (Fsp3) is 0.455. The molecule has 1 aromatic heterocycles. The van der Waals surface area contributed by atoms with E-state index in [4.69, 9.17) is 4.42 Å². The summed E-state index contributed by atoms with van der Waals surface area (Å²) in [5.41, 5.74) is 1.82. The highest BCUT2D eigenvalue weighted by molar-refractivity contribution is 5.97. The molecule has 2 N–H and O–H groups in total. The summed E-state index contributed by atoms with van der Waals surface area (Å²) in [6, 6.07) is 12.2. The third kappa shape index (κ3) is 6.73. The van der Waals surface area contributed by atoms with E-state index >= 15 is 0 Å². The van der Waals surface area contributed by atoms with E-state index < -0.39 is 0 Å². The molecule has 1 aliphatic heterocycles. The quantitative estimate of drug-likeness (QED) is 0.628. The van der Waals surface area contributed by atoms with Crippen LogP contribution < -0.4 is 10.6 Å². The SMILES string of the molecule is Cc1occc1C(=O)NCC(=O)NCCCN1CCN(Cc2ccccc2)CC1. The highest BCUT2D eigenvalue weighted by atomic mass is 16.3. The molecule has 0 bridgehead atoms. The minimum Gasteiger partial charge on any atom is -0.469 e. The Balaban J connectivity index is 1.24. The first-order valence-corrected chi connectivity index (χ1v) is 10.2. The Morgan fingerprint density at radius 1 is 1.00 bits per heavy atom. The molecule has 0 unspecified atom stereocenters. The van der Waals surface area contributed by atoms with Crippen LogP contribution in [0.15, 0.2) is 47.1 Å². The maximum Gasteiger partial charge on any atom is 0.255 e. The van der Waals surface area contributed by atoms with E-state index in [-0.39, 0.29) is 18.4 Å². The topological polar surface area (TPSA) is 77.8 Å². The third-order valence-corrected chi connectivity index (χ3v) is 5.20. The highest BCUT2D eigenvalue weighted by Crippen LogP contribution is 2.09. The predicted octanol–water partition coefficient (Wildman–Crippen LogP) is 1.64. The van der Waals surface area contributed by atoms with Gasteiger partial charge >= 0.3 is 0 Å². The van der Waals surface area contributed by atoms with E-state index in [1.807, 2.05) is 0 Å². The third-order valence-electron chi connectivity index (χ3n) is 5.20. The molecule has 0 aliphatic carbocycles. The van der Waals surface area contributed by atoms with Crippen LogP contribution in [0.1, 0.15) is 28.1 Å². The molecule has 7 heteroatoms. The minimum absolute atomic E-state index is 0.0262. The zero-order valence-corrected chi connectivity index (χ0v) is 17.0. The Hall–Kier alpha value is -2.64. The fourth-order valence-electron chi connectivity index (χ4n) is 3.48. The van der Waals surface area contributed by atoms with Crippen LogP contribution in [0.5, 0.6) is 0 Å². The van der Waals surface area contributed by atoms with Crippen LogP contribution in [0.2, 0.25) is 0 Å². The average molecular weight is 399 g/mol. The van der Waals surface area contributed by atoms with Crippen molar-refractivity contribution in [1.29, 1.82) is 0 Å². The Morgan fingerprint density at radius 2 is 1.72 bits per heavy atom. The molecule has 0 saturated carbocycles. The van der Waals surface area contributed by atoms with Gasteiger partial charge in [0.1, 0.15) is 5.76 Å². The van der Waals surface area contributed by atoms with Crippen LogP contribution in [-0.4, -0.2) is 67.4 Å². The van der Waals surface area contributed by atoms with Crippen LogP contribution in [0, 0.1) is 6.92 Å². The monoisotopic (exact) mass is 398 g/mol. The van der Waals surface area contributed by atoms with Crippen LogP contribution in [0.4, 0.5) is 0 Å². The molecule has 0 atom stereocenters. The van der Waals surface area contributed by atoms with Gasteiger partial charge in [-0.15, -0.1) is 0 Å². The zero-order chi connectivity index (χ0) is 20.5. The van der Waals surface area contributed by atoms with Crippen molar-refractivity contribution in [2.45, 2.75) is 19.9 Å². The molecule has 0 spiro atoms. The number of nitrogens with zero attached hydrogens (tertiary/aromatic N) is 2. The van der Waals surface area contributed by atoms with Crippen LogP contribution in [0.3, 0.4) is 0 Å². The molecule has 1 fully saturated rings. The number of benzene rings is 1. The summed E-state index contributed by atoms with van der Waals surface area (Å²) in [7, 11) is 0. The molecule has 29 heavy (non-hydrogen) atoms. The second-order valence-electron chi connectivity index (χ2n) is 7.38. The number of carbonyl (C=O) groups excluding carboxylic acids is 2. The summed E-state index contributed by atoms with van der Waals surface area (Å²) < 4.78 is 5.10. The summed E-state index contributed by atoms with van der Waals surface area (Å²) in [6.07, 6.45) is 2.37. The van der Waals surface area contributed by atoms with Crippen molar-refractivity contribution in [1.82, 2.24) is 20.4 Å². The molecule has 1 aromatic carbocycles. The smallest absolute Gasteiger partial charge is 0.255 e. The Morgan fingerprint density at radius 3 is 2.41 bits per heavy atom. The van der Waals surface area contributed by atoms with Gasteiger partial charge in [0.05, 0.1) is 18.4 Å². The van der Waals surface area contributed by atoms with Crippen LogP contribution in [-0.2, 0) is 11.3 Å². The van der Waals surface area contributed by atoms with Gasteiger partial charge in [-0.05, 0) is 31.5 Å². The van der Waals surface area contributed by atoms with Crippen LogP contribution >= 0.6 is 0 Å². The van der Waals surface area contributed by atoms with E-state index in [1.165, 1.54) is 11.8 Å². The summed E-state index contributed by atoms with van der Waals surface area (Å²) in [5, 5.41) is 5.48. The summed E-state index contributed by atoms with van der Waals surface area (Å²) in [5.74, 6) is 0.0822. The van der Waals surface area contributed by atoms with Gasteiger partial charge in [-0.2, -0.15) is 0 Å². The number of nitrogens with one attached hydrogen (secondary N) is 2. The van der Waals surface area contributed by atoms with Gasteiger partial charge in [0.15, 0.2) is 0 Å².